The molecule has 2 aromatic heterocycles. The van der Waals surface area contributed by atoms with E-state index in [1.54, 1.807) is 10.4 Å². The van der Waals surface area contributed by atoms with Gasteiger partial charge in [0.1, 0.15) is 0 Å². The van der Waals surface area contributed by atoms with Crippen LogP contribution < -0.4 is 0 Å². The first-order valence-electron chi connectivity index (χ1n) is 6.41. The summed E-state index contributed by atoms with van der Waals surface area (Å²) < 4.78 is 0. The van der Waals surface area contributed by atoms with Gasteiger partial charge in [-0.2, -0.15) is 0 Å². The fourth-order valence-corrected chi connectivity index (χ4v) is 4.63. The number of alkyl halides is 1. The minimum Gasteiger partial charge on any atom is -0.265 e. The summed E-state index contributed by atoms with van der Waals surface area (Å²) in [5.41, 5.74) is 2.93. The van der Waals surface area contributed by atoms with Gasteiger partial charge in [0, 0.05) is 22.1 Å². The molecule has 2 heterocycles. The van der Waals surface area contributed by atoms with Crippen molar-refractivity contribution in [3.63, 3.8) is 0 Å². The SMILES string of the molecule is CC(c1ccncc1)C(Br)c1cc2c(s1)CCC2. The number of aromatic nitrogens is 1. The second kappa shape index (κ2) is 5.14. The van der Waals surface area contributed by atoms with E-state index in [4.69, 9.17) is 0 Å². The lowest BCUT2D eigenvalue weighted by atomic mass is 9.98. The first-order valence-corrected chi connectivity index (χ1v) is 8.14. The van der Waals surface area contributed by atoms with Gasteiger partial charge in [0.25, 0.3) is 0 Å². The number of pyridine rings is 1. The van der Waals surface area contributed by atoms with Crippen LogP contribution in [0.3, 0.4) is 0 Å². The van der Waals surface area contributed by atoms with E-state index in [-0.39, 0.29) is 0 Å². The topological polar surface area (TPSA) is 12.9 Å². The molecule has 2 unspecified atom stereocenters. The van der Waals surface area contributed by atoms with Crippen LogP contribution in [0.15, 0.2) is 30.6 Å². The van der Waals surface area contributed by atoms with Crippen LogP contribution in [-0.2, 0) is 12.8 Å². The van der Waals surface area contributed by atoms with Crippen molar-refractivity contribution in [3.8, 4) is 0 Å². The van der Waals surface area contributed by atoms with E-state index in [0.717, 1.165) is 0 Å². The molecule has 0 N–H and O–H groups in total. The first-order chi connectivity index (χ1) is 8.75. The van der Waals surface area contributed by atoms with Crippen molar-refractivity contribution in [1.29, 1.82) is 0 Å². The number of hydrogen-bond acceptors (Lipinski definition) is 2. The Kier molecular flexibility index (Phi) is 3.53. The molecule has 0 amide bonds. The molecule has 0 saturated heterocycles. The van der Waals surface area contributed by atoms with Crippen LogP contribution in [0.1, 0.15) is 45.0 Å². The number of nitrogens with zero attached hydrogens (tertiary/aromatic N) is 1. The summed E-state index contributed by atoms with van der Waals surface area (Å²) in [7, 11) is 0. The van der Waals surface area contributed by atoms with Gasteiger partial charge in [-0.3, -0.25) is 4.98 Å². The predicted molar refractivity (Wildman–Crippen MR) is 80.7 cm³/mol. The van der Waals surface area contributed by atoms with Crippen molar-refractivity contribution in [2.24, 2.45) is 0 Å². The number of fused-ring (bicyclic) bond motifs is 1. The van der Waals surface area contributed by atoms with Gasteiger partial charge in [-0.05, 0) is 54.5 Å². The average molecular weight is 322 g/mol. The van der Waals surface area contributed by atoms with Gasteiger partial charge >= 0.3 is 0 Å². The standard InChI is InChI=1S/C15H16BrNS/c1-10(11-5-7-17-8-6-11)15(16)14-9-12-3-2-4-13(12)18-14/h5-10,15H,2-4H2,1H3. The van der Waals surface area contributed by atoms with Crippen molar-refractivity contribution in [1.82, 2.24) is 4.98 Å². The molecule has 3 heteroatoms. The molecule has 18 heavy (non-hydrogen) atoms. The highest BCUT2D eigenvalue weighted by atomic mass is 79.9. The number of hydrogen-bond donors (Lipinski definition) is 0. The van der Waals surface area contributed by atoms with Crippen LogP contribution in [0.25, 0.3) is 0 Å². The smallest absolute Gasteiger partial charge is 0.0555 e. The van der Waals surface area contributed by atoms with E-state index in [1.165, 1.54) is 29.7 Å². The molecule has 94 valence electrons. The minimum absolute atomic E-state index is 0.412. The predicted octanol–water partition coefficient (Wildman–Crippen LogP) is 4.87. The fourth-order valence-electron chi connectivity index (χ4n) is 2.57. The normalized spacial score (nSPS) is 17.4. The van der Waals surface area contributed by atoms with E-state index in [2.05, 4.69) is 46.0 Å². The summed E-state index contributed by atoms with van der Waals surface area (Å²) in [6.07, 6.45) is 7.65. The molecule has 0 aliphatic heterocycles. The van der Waals surface area contributed by atoms with E-state index in [9.17, 15) is 0 Å². The molecule has 0 spiro atoms. The lowest BCUT2D eigenvalue weighted by Crippen LogP contribution is -2.00. The molecule has 0 aromatic carbocycles. The van der Waals surface area contributed by atoms with Gasteiger partial charge in [-0.25, -0.2) is 0 Å². The van der Waals surface area contributed by atoms with Gasteiger partial charge in [0.15, 0.2) is 0 Å². The molecule has 3 rings (SSSR count). The van der Waals surface area contributed by atoms with Crippen LogP contribution in [0.2, 0.25) is 0 Å². The minimum atomic E-state index is 0.412. The fraction of sp³-hybridized carbons (Fsp3) is 0.400. The number of halogens is 1. The lowest BCUT2D eigenvalue weighted by molar-refractivity contribution is 0.758. The van der Waals surface area contributed by atoms with Crippen molar-refractivity contribution in [2.75, 3.05) is 0 Å². The van der Waals surface area contributed by atoms with Gasteiger partial charge in [0.2, 0.25) is 0 Å². The third-order valence-electron chi connectivity index (χ3n) is 3.71. The Bertz CT molecular complexity index is 513. The molecule has 2 aromatic rings. The van der Waals surface area contributed by atoms with Crippen molar-refractivity contribution < 1.29 is 0 Å². The summed E-state index contributed by atoms with van der Waals surface area (Å²) in [4.78, 5) is 7.58. The van der Waals surface area contributed by atoms with Gasteiger partial charge in [-0.1, -0.05) is 22.9 Å². The van der Waals surface area contributed by atoms with Crippen LogP contribution in [-0.4, -0.2) is 4.98 Å². The maximum absolute atomic E-state index is 4.09. The second-order valence-corrected chi connectivity index (χ2v) is 7.08. The maximum atomic E-state index is 4.09. The second-order valence-electron chi connectivity index (χ2n) is 4.92. The zero-order chi connectivity index (χ0) is 12.5. The van der Waals surface area contributed by atoms with Crippen LogP contribution in [0, 0.1) is 0 Å². The van der Waals surface area contributed by atoms with Crippen molar-refractivity contribution in [2.45, 2.75) is 36.9 Å². The van der Waals surface area contributed by atoms with Gasteiger partial charge in [0.05, 0.1) is 4.83 Å². The quantitative estimate of drug-likeness (QED) is 0.735. The Morgan fingerprint density at radius 2 is 2.06 bits per heavy atom. The summed E-state index contributed by atoms with van der Waals surface area (Å²) in [5, 5.41) is 0. The molecule has 0 saturated carbocycles. The summed E-state index contributed by atoms with van der Waals surface area (Å²) in [6.45, 7) is 2.28. The Morgan fingerprint density at radius 1 is 1.28 bits per heavy atom. The third-order valence-corrected chi connectivity index (χ3v) is 6.62. The number of aryl methyl sites for hydroxylation is 2. The zero-order valence-electron chi connectivity index (χ0n) is 10.4. The highest BCUT2D eigenvalue weighted by molar-refractivity contribution is 9.09. The number of rotatable bonds is 3. The van der Waals surface area contributed by atoms with Crippen LogP contribution in [0.4, 0.5) is 0 Å². The molecule has 0 fully saturated rings. The van der Waals surface area contributed by atoms with Gasteiger partial charge in [-0.15, -0.1) is 11.3 Å². The summed E-state index contributed by atoms with van der Waals surface area (Å²) in [5.74, 6) is 0.478. The van der Waals surface area contributed by atoms with E-state index in [1.807, 2.05) is 23.7 Å². The van der Waals surface area contributed by atoms with E-state index < -0.39 is 0 Å². The number of thiophene rings is 1. The molecule has 1 aliphatic rings. The lowest BCUT2D eigenvalue weighted by Gasteiger charge is -2.17. The largest absolute Gasteiger partial charge is 0.265 e. The molecule has 2 atom stereocenters. The maximum Gasteiger partial charge on any atom is 0.0555 e. The van der Waals surface area contributed by atoms with Crippen LogP contribution in [0.5, 0.6) is 0 Å². The molecule has 1 nitrogen and oxygen atoms in total. The third kappa shape index (κ3) is 2.26. The first kappa shape index (κ1) is 12.4. The molecular weight excluding hydrogens is 306 g/mol. The molecular formula is C15H16BrNS. The zero-order valence-corrected chi connectivity index (χ0v) is 12.8. The Morgan fingerprint density at radius 3 is 2.78 bits per heavy atom. The van der Waals surface area contributed by atoms with Gasteiger partial charge < -0.3 is 0 Å². The summed E-state index contributed by atoms with van der Waals surface area (Å²) >= 11 is 5.87. The van der Waals surface area contributed by atoms with E-state index >= 15 is 0 Å². The molecule has 0 bridgehead atoms. The van der Waals surface area contributed by atoms with E-state index in [0.29, 0.717) is 10.7 Å². The van der Waals surface area contributed by atoms with Crippen molar-refractivity contribution in [3.05, 3.63) is 51.5 Å². The Balaban J connectivity index is 1.83. The Labute approximate surface area is 120 Å². The summed E-state index contributed by atoms with van der Waals surface area (Å²) in [6, 6.07) is 6.63. The highest BCUT2D eigenvalue weighted by Gasteiger charge is 2.23. The molecule has 0 radical (unpaired) electrons. The van der Waals surface area contributed by atoms with Crippen molar-refractivity contribution >= 4 is 27.3 Å². The highest BCUT2D eigenvalue weighted by Crippen LogP contribution is 2.43. The molecule has 1 aliphatic carbocycles. The monoisotopic (exact) mass is 321 g/mol. The van der Waals surface area contributed by atoms with Crippen LogP contribution >= 0.6 is 27.3 Å². The Hall–Kier alpha value is -0.670. The average Bonchev–Trinajstić information content (AvgIpc) is 2.99.